The van der Waals surface area contributed by atoms with Crippen molar-refractivity contribution in [3.63, 3.8) is 0 Å². The van der Waals surface area contributed by atoms with Crippen LogP contribution in [-0.4, -0.2) is 8.90 Å². The van der Waals surface area contributed by atoms with Crippen molar-refractivity contribution >= 4 is 46.4 Å². The van der Waals surface area contributed by atoms with Crippen LogP contribution in [0.3, 0.4) is 0 Å². The van der Waals surface area contributed by atoms with E-state index in [1.165, 1.54) is 12.1 Å². The SMILES string of the molecule is Oc1ccc(C(Cl)C(Cl)(Cl)Cl)cc1. The molecule has 0 aliphatic rings. The Bertz CT molecular complexity index is 277. The third kappa shape index (κ3) is 3.10. The molecule has 0 bridgehead atoms. The highest BCUT2D eigenvalue weighted by Gasteiger charge is 2.31. The zero-order valence-corrected chi connectivity index (χ0v) is 9.37. The molecular formula is C8H6Cl4O. The van der Waals surface area contributed by atoms with Crippen LogP contribution in [0.5, 0.6) is 5.75 Å². The van der Waals surface area contributed by atoms with E-state index >= 15 is 0 Å². The Balaban J connectivity index is 2.90. The van der Waals surface area contributed by atoms with Crippen LogP contribution in [0.4, 0.5) is 0 Å². The van der Waals surface area contributed by atoms with Crippen LogP contribution >= 0.6 is 46.4 Å². The van der Waals surface area contributed by atoms with Crippen molar-refractivity contribution in [2.75, 3.05) is 0 Å². The quantitative estimate of drug-likeness (QED) is 0.755. The van der Waals surface area contributed by atoms with E-state index in [1.807, 2.05) is 0 Å². The summed E-state index contributed by atoms with van der Waals surface area (Å²) in [6, 6.07) is 6.19. The van der Waals surface area contributed by atoms with Gasteiger partial charge in [-0.3, -0.25) is 0 Å². The van der Waals surface area contributed by atoms with E-state index in [9.17, 15) is 0 Å². The number of rotatable bonds is 1. The fourth-order valence-electron chi connectivity index (χ4n) is 0.832. The summed E-state index contributed by atoms with van der Waals surface area (Å²) >= 11 is 22.6. The fourth-order valence-corrected chi connectivity index (χ4v) is 1.36. The van der Waals surface area contributed by atoms with Crippen molar-refractivity contribution in [1.29, 1.82) is 0 Å². The Labute approximate surface area is 96.2 Å². The van der Waals surface area contributed by atoms with Crippen LogP contribution < -0.4 is 0 Å². The second-order valence-electron chi connectivity index (χ2n) is 2.50. The molecule has 13 heavy (non-hydrogen) atoms. The molecule has 0 radical (unpaired) electrons. The number of halogens is 4. The summed E-state index contributed by atoms with van der Waals surface area (Å²) in [7, 11) is 0. The maximum absolute atomic E-state index is 9.00. The van der Waals surface area contributed by atoms with E-state index < -0.39 is 9.17 Å². The third-order valence-corrected chi connectivity index (χ3v) is 3.04. The molecule has 5 heteroatoms. The van der Waals surface area contributed by atoms with E-state index in [4.69, 9.17) is 51.5 Å². The molecule has 72 valence electrons. The van der Waals surface area contributed by atoms with Crippen LogP contribution in [-0.2, 0) is 0 Å². The highest BCUT2D eigenvalue weighted by atomic mass is 35.6. The molecular weight excluding hydrogens is 254 g/mol. The fraction of sp³-hybridized carbons (Fsp3) is 0.250. The zero-order chi connectivity index (χ0) is 10.1. The van der Waals surface area contributed by atoms with Gasteiger partial charge in [-0.25, -0.2) is 0 Å². The molecule has 1 aromatic rings. The van der Waals surface area contributed by atoms with Crippen LogP contribution in [0.15, 0.2) is 24.3 Å². The maximum Gasteiger partial charge on any atom is 0.210 e. The zero-order valence-electron chi connectivity index (χ0n) is 6.35. The molecule has 0 saturated heterocycles. The second-order valence-corrected chi connectivity index (χ2v) is 5.30. The van der Waals surface area contributed by atoms with Gasteiger partial charge in [-0.1, -0.05) is 46.9 Å². The minimum Gasteiger partial charge on any atom is -0.508 e. The summed E-state index contributed by atoms with van der Waals surface area (Å²) in [5.74, 6) is 0.150. The van der Waals surface area contributed by atoms with Gasteiger partial charge in [0.2, 0.25) is 3.79 Å². The van der Waals surface area contributed by atoms with Crippen LogP contribution in [0, 0.1) is 0 Å². The maximum atomic E-state index is 9.00. The molecule has 0 fully saturated rings. The molecule has 0 heterocycles. The van der Waals surface area contributed by atoms with Gasteiger partial charge in [0.15, 0.2) is 0 Å². The Morgan fingerprint density at radius 1 is 1.08 bits per heavy atom. The molecule has 0 saturated carbocycles. The highest BCUT2D eigenvalue weighted by molar-refractivity contribution is 6.70. The van der Waals surface area contributed by atoms with E-state index in [0.717, 1.165) is 0 Å². The second kappa shape index (κ2) is 4.14. The largest absolute Gasteiger partial charge is 0.508 e. The number of benzene rings is 1. The normalized spacial score (nSPS) is 14.2. The van der Waals surface area contributed by atoms with E-state index in [-0.39, 0.29) is 5.75 Å². The first-order chi connectivity index (χ1) is 5.91. The summed E-state index contributed by atoms with van der Waals surface area (Å²) < 4.78 is -1.54. The molecule has 1 atom stereocenters. The van der Waals surface area contributed by atoms with Gasteiger partial charge < -0.3 is 5.11 Å². The average molecular weight is 260 g/mol. The molecule has 1 nitrogen and oxygen atoms in total. The molecule has 0 aliphatic heterocycles. The molecule has 1 unspecified atom stereocenters. The standard InChI is InChI=1S/C8H6Cl4O/c9-7(8(10,11)12)5-1-3-6(13)4-2-5/h1-4,7,13H. The molecule has 0 spiro atoms. The van der Waals surface area contributed by atoms with Crippen molar-refractivity contribution in [2.24, 2.45) is 0 Å². The first-order valence-corrected chi connectivity index (χ1v) is 4.98. The van der Waals surface area contributed by atoms with Gasteiger partial charge >= 0.3 is 0 Å². The van der Waals surface area contributed by atoms with Crippen molar-refractivity contribution in [1.82, 2.24) is 0 Å². The van der Waals surface area contributed by atoms with Gasteiger partial charge in [0.25, 0.3) is 0 Å². The Morgan fingerprint density at radius 2 is 1.54 bits per heavy atom. The number of aromatic hydroxyl groups is 1. The van der Waals surface area contributed by atoms with Crippen molar-refractivity contribution in [3.8, 4) is 5.75 Å². The number of phenols is 1. The molecule has 1 N–H and O–H groups in total. The number of hydrogen-bond acceptors (Lipinski definition) is 1. The van der Waals surface area contributed by atoms with Crippen LogP contribution in [0.2, 0.25) is 0 Å². The minimum absolute atomic E-state index is 0.150. The predicted molar refractivity (Wildman–Crippen MR) is 57.0 cm³/mol. The lowest BCUT2D eigenvalue weighted by atomic mass is 10.1. The Morgan fingerprint density at radius 3 is 1.92 bits per heavy atom. The van der Waals surface area contributed by atoms with Crippen molar-refractivity contribution in [3.05, 3.63) is 29.8 Å². The van der Waals surface area contributed by atoms with Crippen molar-refractivity contribution in [2.45, 2.75) is 9.17 Å². The predicted octanol–water partition coefficient (Wildman–Crippen LogP) is 4.04. The Hall–Kier alpha value is 0.180. The number of alkyl halides is 4. The van der Waals surface area contributed by atoms with Gasteiger partial charge in [0.1, 0.15) is 11.1 Å². The van der Waals surface area contributed by atoms with Crippen LogP contribution in [0.25, 0.3) is 0 Å². The number of phenolic OH excluding ortho intramolecular Hbond substituents is 1. The van der Waals surface area contributed by atoms with E-state index in [2.05, 4.69) is 0 Å². The third-order valence-electron chi connectivity index (χ3n) is 1.47. The highest BCUT2D eigenvalue weighted by Crippen LogP contribution is 2.44. The minimum atomic E-state index is -1.54. The molecule has 0 aliphatic carbocycles. The Kier molecular flexibility index (Phi) is 3.58. The lowest BCUT2D eigenvalue weighted by Crippen LogP contribution is -2.10. The van der Waals surface area contributed by atoms with Gasteiger partial charge in [0, 0.05) is 0 Å². The van der Waals surface area contributed by atoms with E-state index in [0.29, 0.717) is 5.56 Å². The van der Waals surface area contributed by atoms with Gasteiger partial charge in [-0.05, 0) is 17.7 Å². The number of hydrogen-bond donors (Lipinski definition) is 1. The van der Waals surface area contributed by atoms with E-state index in [1.54, 1.807) is 12.1 Å². The summed E-state index contributed by atoms with van der Waals surface area (Å²) in [5.41, 5.74) is 0.652. The first kappa shape index (κ1) is 11.3. The topological polar surface area (TPSA) is 20.2 Å². The summed E-state index contributed by atoms with van der Waals surface area (Å²) in [6.07, 6.45) is 0. The van der Waals surface area contributed by atoms with Crippen molar-refractivity contribution < 1.29 is 5.11 Å². The summed E-state index contributed by atoms with van der Waals surface area (Å²) in [4.78, 5) is 0. The molecule has 1 rings (SSSR count). The van der Waals surface area contributed by atoms with Gasteiger partial charge in [0.05, 0.1) is 0 Å². The summed E-state index contributed by atoms with van der Waals surface area (Å²) in [6.45, 7) is 0. The smallest absolute Gasteiger partial charge is 0.210 e. The lowest BCUT2D eigenvalue weighted by molar-refractivity contribution is 0.475. The van der Waals surface area contributed by atoms with Gasteiger partial charge in [-0.15, -0.1) is 11.6 Å². The summed E-state index contributed by atoms with van der Waals surface area (Å²) in [5, 5.41) is 8.28. The lowest BCUT2D eigenvalue weighted by Gasteiger charge is -2.17. The monoisotopic (exact) mass is 258 g/mol. The molecule has 1 aromatic carbocycles. The van der Waals surface area contributed by atoms with Crippen LogP contribution in [0.1, 0.15) is 10.9 Å². The molecule has 0 aromatic heterocycles. The van der Waals surface area contributed by atoms with Gasteiger partial charge in [-0.2, -0.15) is 0 Å². The molecule has 0 amide bonds. The average Bonchev–Trinajstić information content (AvgIpc) is 2.03. The first-order valence-electron chi connectivity index (χ1n) is 3.41.